The molecule has 2 bridgehead atoms. The van der Waals surface area contributed by atoms with E-state index in [0.717, 1.165) is 18.9 Å². The number of rotatable bonds is 1. The van der Waals surface area contributed by atoms with Crippen LogP contribution in [-0.2, 0) is 5.60 Å². The average Bonchev–Trinajstić information content (AvgIpc) is 2.57. The lowest BCUT2D eigenvalue weighted by atomic mass is 9.81. The fraction of sp³-hybridized carbons (Fsp3) is 0.538. The lowest BCUT2D eigenvalue weighted by Gasteiger charge is -2.37. The van der Waals surface area contributed by atoms with Crippen molar-refractivity contribution in [1.29, 1.82) is 0 Å². The molecule has 2 fully saturated rings. The highest BCUT2D eigenvalue weighted by atomic mass is 19.1. The number of fused-ring (bicyclic) bond motifs is 2. The van der Waals surface area contributed by atoms with E-state index in [1.54, 1.807) is 0 Å². The summed E-state index contributed by atoms with van der Waals surface area (Å²) < 4.78 is 26.4. The zero-order valence-electron chi connectivity index (χ0n) is 9.42. The molecule has 2 atom stereocenters. The predicted molar refractivity (Wildman–Crippen MR) is 59.4 cm³/mol. The van der Waals surface area contributed by atoms with Gasteiger partial charge in [-0.15, -0.1) is 0 Å². The SMILES string of the molecule is OC1(c2cc(F)cc(F)c2)CC2CCC(C1)N2. The number of piperidine rings is 1. The van der Waals surface area contributed by atoms with E-state index in [2.05, 4.69) is 5.32 Å². The van der Waals surface area contributed by atoms with Gasteiger partial charge < -0.3 is 10.4 Å². The van der Waals surface area contributed by atoms with Crippen molar-refractivity contribution in [3.8, 4) is 0 Å². The molecule has 1 aromatic carbocycles. The van der Waals surface area contributed by atoms with Crippen LogP contribution in [0.4, 0.5) is 8.78 Å². The molecule has 2 heterocycles. The number of halogens is 2. The fourth-order valence-corrected chi connectivity index (χ4v) is 3.18. The van der Waals surface area contributed by atoms with Crippen LogP contribution in [0.2, 0.25) is 0 Å². The van der Waals surface area contributed by atoms with Gasteiger partial charge in [-0.25, -0.2) is 8.78 Å². The van der Waals surface area contributed by atoms with Crippen molar-refractivity contribution in [2.75, 3.05) is 0 Å². The summed E-state index contributed by atoms with van der Waals surface area (Å²) in [5.41, 5.74) is -0.714. The molecule has 2 nitrogen and oxygen atoms in total. The molecule has 1 aromatic rings. The summed E-state index contributed by atoms with van der Waals surface area (Å²) in [5, 5.41) is 14.0. The molecule has 2 aliphatic rings. The number of hydrogen-bond acceptors (Lipinski definition) is 2. The molecule has 2 N–H and O–H groups in total. The number of nitrogens with one attached hydrogen (secondary N) is 1. The molecule has 0 spiro atoms. The van der Waals surface area contributed by atoms with Crippen molar-refractivity contribution in [2.24, 2.45) is 0 Å². The Morgan fingerprint density at radius 1 is 1.06 bits per heavy atom. The first-order valence-electron chi connectivity index (χ1n) is 6.00. The number of aliphatic hydroxyl groups is 1. The monoisotopic (exact) mass is 239 g/mol. The Bertz CT molecular complexity index is 417. The van der Waals surface area contributed by atoms with Crippen LogP contribution in [0.5, 0.6) is 0 Å². The van der Waals surface area contributed by atoms with E-state index in [1.165, 1.54) is 12.1 Å². The van der Waals surface area contributed by atoms with Crippen LogP contribution in [0.3, 0.4) is 0 Å². The zero-order valence-corrected chi connectivity index (χ0v) is 9.42. The Morgan fingerprint density at radius 3 is 2.12 bits per heavy atom. The normalized spacial score (nSPS) is 36.2. The summed E-state index contributed by atoms with van der Waals surface area (Å²) in [6.07, 6.45) is 3.13. The third-order valence-electron chi connectivity index (χ3n) is 3.90. The summed E-state index contributed by atoms with van der Waals surface area (Å²) in [4.78, 5) is 0. The molecule has 0 aliphatic carbocycles. The Hall–Kier alpha value is -1.00. The molecule has 92 valence electrons. The highest BCUT2D eigenvalue weighted by Gasteiger charge is 2.43. The van der Waals surface area contributed by atoms with E-state index in [9.17, 15) is 13.9 Å². The van der Waals surface area contributed by atoms with Gasteiger partial charge in [0, 0.05) is 18.2 Å². The summed E-state index contributed by atoms with van der Waals surface area (Å²) in [5.74, 6) is -1.25. The van der Waals surface area contributed by atoms with Crippen LogP contribution in [0.1, 0.15) is 31.2 Å². The second-order valence-corrected chi connectivity index (χ2v) is 5.24. The predicted octanol–water partition coefficient (Wildman–Crippen LogP) is 2.07. The minimum Gasteiger partial charge on any atom is -0.385 e. The number of benzene rings is 1. The van der Waals surface area contributed by atoms with Gasteiger partial charge in [0.15, 0.2) is 0 Å². The quantitative estimate of drug-likeness (QED) is 0.786. The maximum atomic E-state index is 13.2. The van der Waals surface area contributed by atoms with Gasteiger partial charge in [-0.2, -0.15) is 0 Å². The molecular formula is C13H15F2NO. The smallest absolute Gasteiger partial charge is 0.126 e. The molecule has 3 rings (SSSR count). The van der Waals surface area contributed by atoms with Crippen molar-refractivity contribution in [1.82, 2.24) is 5.32 Å². The fourth-order valence-electron chi connectivity index (χ4n) is 3.18. The van der Waals surface area contributed by atoms with Gasteiger partial charge in [-0.05, 0) is 43.4 Å². The maximum Gasteiger partial charge on any atom is 0.126 e. The Labute approximate surface area is 98.6 Å². The summed E-state index contributed by atoms with van der Waals surface area (Å²) in [7, 11) is 0. The molecule has 0 amide bonds. The Kier molecular flexibility index (Phi) is 2.45. The molecule has 2 unspecified atom stereocenters. The van der Waals surface area contributed by atoms with Gasteiger partial charge in [0.1, 0.15) is 11.6 Å². The zero-order chi connectivity index (χ0) is 12.0. The van der Waals surface area contributed by atoms with Gasteiger partial charge in [-0.1, -0.05) is 0 Å². The summed E-state index contributed by atoms with van der Waals surface area (Å²) in [6, 6.07) is 3.86. The Balaban J connectivity index is 1.96. The van der Waals surface area contributed by atoms with Gasteiger partial charge in [0.05, 0.1) is 5.60 Å². The maximum absolute atomic E-state index is 13.2. The molecule has 2 aliphatic heterocycles. The minimum atomic E-state index is -1.08. The first-order chi connectivity index (χ1) is 8.05. The lowest BCUT2D eigenvalue weighted by molar-refractivity contribution is -0.0119. The van der Waals surface area contributed by atoms with Crippen LogP contribution < -0.4 is 5.32 Å². The van der Waals surface area contributed by atoms with E-state index in [0.29, 0.717) is 18.4 Å². The first kappa shape index (κ1) is 11.1. The van der Waals surface area contributed by atoms with E-state index in [-0.39, 0.29) is 12.1 Å². The minimum absolute atomic E-state index is 0.269. The average molecular weight is 239 g/mol. The van der Waals surface area contributed by atoms with Crippen LogP contribution in [-0.4, -0.2) is 17.2 Å². The molecule has 17 heavy (non-hydrogen) atoms. The summed E-state index contributed by atoms with van der Waals surface area (Å²) in [6.45, 7) is 0. The second kappa shape index (κ2) is 3.75. The van der Waals surface area contributed by atoms with Gasteiger partial charge in [0.2, 0.25) is 0 Å². The molecular weight excluding hydrogens is 224 g/mol. The molecule has 2 saturated heterocycles. The van der Waals surface area contributed by atoms with Crippen LogP contribution in [0.25, 0.3) is 0 Å². The molecule has 4 heteroatoms. The Morgan fingerprint density at radius 2 is 1.59 bits per heavy atom. The summed E-state index contributed by atoms with van der Waals surface area (Å²) >= 11 is 0. The largest absolute Gasteiger partial charge is 0.385 e. The van der Waals surface area contributed by atoms with Crippen molar-refractivity contribution in [2.45, 2.75) is 43.4 Å². The standard InChI is InChI=1S/C13H15F2NO/c14-9-3-8(4-10(15)5-9)13(17)6-11-1-2-12(7-13)16-11/h3-5,11-12,16-17H,1-2,6-7H2. The third-order valence-corrected chi connectivity index (χ3v) is 3.90. The highest BCUT2D eigenvalue weighted by molar-refractivity contribution is 5.26. The van der Waals surface area contributed by atoms with Crippen molar-refractivity contribution >= 4 is 0 Å². The molecule has 0 aromatic heterocycles. The molecule has 0 saturated carbocycles. The van der Waals surface area contributed by atoms with Gasteiger partial charge in [0.25, 0.3) is 0 Å². The topological polar surface area (TPSA) is 32.3 Å². The van der Waals surface area contributed by atoms with E-state index < -0.39 is 17.2 Å². The van der Waals surface area contributed by atoms with Crippen molar-refractivity contribution in [3.05, 3.63) is 35.4 Å². The van der Waals surface area contributed by atoms with Crippen molar-refractivity contribution < 1.29 is 13.9 Å². The molecule has 0 radical (unpaired) electrons. The van der Waals surface area contributed by atoms with E-state index in [4.69, 9.17) is 0 Å². The van der Waals surface area contributed by atoms with E-state index >= 15 is 0 Å². The third kappa shape index (κ3) is 1.96. The van der Waals surface area contributed by atoms with Crippen LogP contribution in [0.15, 0.2) is 18.2 Å². The highest BCUT2D eigenvalue weighted by Crippen LogP contribution is 2.40. The van der Waals surface area contributed by atoms with Crippen LogP contribution >= 0.6 is 0 Å². The second-order valence-electron chi connectivity index (χ2n) is 5.24. The van der Waals surface area contributed by atoms with Crippen LogP contribution in [0, 0.1) is 11.6 Å². The van der Waals surface area contributed by atoms with Gasteiger partial charge in [-0.3, -0.25) is 0 Å². The number of hydrogen-bond donors (Lipinski definition) is 2. The lowest BCUT2D eigenvalue weighted by Crippen LogP contribution is -2.46. The first-order valence-corrected chi connectivity index (χ1v) is 6.00. The van der Waals surface area contributed by atoms with Crippen molar-refractivity contribution in [3.63, 3.8) is 0 Å². The van der Waals surface area contributed by atoms with E-state index in [1.807, 2.05) is 0 Å². The van der Waals surface area contributed by atoms with Gasteiger partial charge >= 0.3 is 0 Å².